The van der Waals surface area contributed by atoms with Crippen LogP contribution in [0.5, 0.6) is 0 Å². The summed E-state index contributed by atoms with van der Waals surface area (Å²) in [6.07, 6.45) is 1.43. The van der Waals surface area contributed by atoms with E-state index in [1.165, 1.54) is 31.5 Å². The van der Waals surface area contributed by atoms with Crippen molar-refractivity contribution in [2.45, 2.75) is 10.8 Å². The van der Waals surface area contributed by atoms with Gasteiger partial charge in [-0.25, -0.2) is 8.42 Å². The van der Waals surface area contributed by atoms with Gasteiger partial charge in [-0.05, 0) is 30.3 Å². The number of amides is 1. The van der Waals surface area contributed by atoms with E-state index in [9.17, 15) is 18.0 Å². The van der Waals surface area contributed by atoms with Gasteiger partial charge in [-0.1, -0.05) is 24.0 Å². The summed E-state index contributed by atoms with van der Waals surface area (Å²) in [6.45, 7) is -0.483. The lowest BCUT2D eigenvalue weighted by atomic mass is 9.96. The van der Waals surface area contributed by atoms with Crippen LogP contribution in [0.1, 0.15) is 17.0 Å². The number of fused-ring (bicyclic) bond motifs is 1. The van der Waals surface area contributed by atoms with Crippen molar-refractivity contribution in [1.29, 1.82) is 0 Å². The highest BCUT2D eigenvalue weighted by molar-refractivity contribution is 7.89. The van der Waals surface area contributed by atoms with E-state index in [0.29, 0.717) is 22.5 Å². The van der Waals surface area contributed by atoms with Crippen molar-refractivity contribution in [1.82, 2.24) is 4.31 Å². The molecule has 0 fully saturated rings. The van der Waals surface area contributed by atoms with Crippen molar-refractivity contribution >= 4 is 39.5 Å². The van der Waals surface area contributed by atoms with Crippen LogP contribution in [0.25, 0.3) is 0 Å². The molecule has 0 aliphatic carbocycles. The number of benzene rings is 2. The maximum absolute atomic E-state index is 12.6. The molecule has 1 unspecified atom stereocenters. The Hall–Kier alpha value is -3.52. The SMILES string of the molecule is CN(CC(=O)O)S(=O)(=O)c1cccc(N=CC2C(=O)Nc3cccc(C#CCN)c32)c1. The lowest BCUT2D eigenvalue weighted by Crippen LogP contribution is -2.31. The largest absolute Gasteiger partial charge is 0.480 e. The van der Waals surface area contributed by atoms with Crippen LogP contribution in [-0.4, -0.2) is 56.1 Å². The summed E-state index contributed by atoms with van der Waals surface area (Å²) in [5.74, 6) is 3.48. The van der Waals surface area contributed by atoms with Crippen molar-refractivity contribution < 1.29 is 23.1 Å². The fourth-order valence-electron chi connectivity index (χ4n) is 3.09. The predicted molar refractivity (Wildman–Crippen MR) is 116 cm³/mol. The minimum Gasteiger partial charge on any atom is -0.480 e. The van der Waals surface area contributed by atoms with Gasteiger partial charge in [-0.3, -0.25) is 14.6 Å². The minimum atomic E-state index is -4.00. The number of sulfonamides is 1. The number of hydrogen-bond donors (Lipinski definition) is 3. The number of nitrogens with two attached hydrogens (primary N) is 1. The molecule has 0 saturated carbocycles. The molecule has 0 aromatic heterocycles. The van der Waals surface area contributed by atoms with Gasteiger partial charge < -0.3 is 16.2 Å². The Morgan fingerprint density at radius 2 is 2.06 bits per heavy atom. The van der Waals surface area contributed by atoms with E-state index >= 15 is 0 Å². The molecule has 160 valence electrons. The van der Waals surface area contributed by atoms with Crippen LogP contribution in [-0.2, 0) is 19.6 Å². The molecule has 10 heteroatoms. The summed E-state index contributed by atoms with van der Waals surface area (Å²) in [5, 5.41) is 11.6. The number of carboxylic acid groups (broad SMARTS) is 1. The van der Waals surface area contributed by atoms with Crippen molar-refractivity contribution in [3.8, 4) is 11.8 Å². The normalized spacial score (nSPS) is 15.5. The van der Waals surface area contributed by atoms with Gasteiger partial charge in [0.2, 0.25) is 15.9 Å². The molecule has 0 bridgehead atoms. The predicted octanol–water partition coefficient (Wildman–Crippen LogP) is 1.14. The summed E-state index contributed by atoms with van der Waals surface area (Å²) < 4.78 is 25.9. The molecule has 3 rings (SSSR count). The summed E-state index contributed by atoms with van der Waals surface area (Å²) in [4.78, 5) is 27.5. The Bertz CT molecular complexity index is 1230. The smallest absolute Gasteiger partial charge is 0.318 e. The van der Waals surface area contributed by atoms with Crippen molar-refractivity contribution in [2.24, 2.45) is 10.7 Å². The molecule has 1 atom stereocenters. The molecule has 1 aliphatic heterocycles. The topological polar surface area (TPSA) is 142 Å². The molecule has 2 aromatic carbocycles. The fraction of sp³-hybridized carbons (Fsp3) is 0.190. The van der Waals surface area contributed by atoms with E-state index in [0.717, 1.165) is 4.31 Å². The molecule has 0 saturated heterocycles. The number of nitrogens with one attached hydrogen (secondary N) is 1. The molecular formula is C21H20N4O5S. The van der Waals surface area contributed by atoms with Gasteiger partial charge in [0.1, 0.15) is 12.5 Å². The number of likely N-dealkylation sites (N-methyl/N-ethyl adjacent to an activating group) is 1. The van der Waals surface area contributed by atoms with E-state index < -0.39 is 28.5 Å². The van der Waals surface area contributed by atoms with Gasteiger partial charge in [0.15, 0.2) is 0 Å². The van der Waals surface area contributed by atoms with Crippen LogP contribution < -0.4 is 11.1 Å². The van der Waals surface area contributed by atoms with Crippen LogP contribution in [0, 0.1) is 11.8 Å². The average molecular weight is 440 g/mol. The number of carbonyl (C=O) groups is 2. The minimum absolute atomic E-state index is 0.100. The zero-order valence-corrected chi connectivity index (χ0v) is 17.4. The molecule has 0 radical (unpaired) electrons. The summed E-state index contributed by atoms with van der Waals surface area (Å²) in [6, 6.07) is 11.1. The van der Waals surface area contributed by atoms with Crippen LogP contribution in [0.15, 0.2) is 52.4 Å². The first-order valence-corrected chi connectivity index (χ1v) is 10.6. The highest BCUT2D eigenvalue weighted by atomic mass is 32.2. The molecule has 31 heavy (non-hydrogen) atoms. The summed E-state index contributed by atoms with van der Waals surface area (Å²) in [5.41, 5.74) is 7.73. The standard InChI is InChI=1S/C21H20N4O5S/c1-25(13-19(26)27)31(29,30)16-8-3-7-15(11-16)23-12-17-20-14(6-4-10-22)5-2-9-18(20)24-21(17)28/h2-3,5,7-9,11-12,17H,10,13,22H2,1H3,(H,24,28)(H,26,27). The quantitative estimate of drug-likeness (QED) is 0.454. The Morgan fingerprint density at radius 3 is 2.77 bits per heavy atom. The molecule has 9 nitrogen and oxygen atoms in total. The van der Waals surface area contributed by atoms with E-state index in [2.05, 4.69) is 22.2 Å². The highest BCUT2D eigenvalue weighted by Crippen LogP contribution is 2.34. The second-order valence-corrected chi connectivity index (χ2v) is 8.71. The summed E-state index contributed by atoms with van der Waals surface area (Å²) in [7, 11) is -2.82. The Kier molecular flexibility index (Phi) is 6.50. The Labute approximate surface area is 179 Å². The van der Waals surface area contributed by atoms with Gasteiger partial charge in [0.05, 0.1) is 17.1 Å². The van der Waals surface area contributed by atoms with Crippen molar-refractivity contribution in [3.63, 3.8) is 0 Å². The van der Waals surface area contributed by atoms with Crippen LogP contribution in [0.4, 0.5) is 11.4 Å². The van der Waals surface area contributed by atoms with Crippen LogP contribution in [0.3, 0.4) is 0 Å². The van der Waals surface area contributed by atoms with E-state index in [-0.39, 0.29) is 17.3 Å². The zero-order chi connectivity index (χ0) is 22.6. The molecule has 1 amide bonds. The third kappa shape index (κ3) is 4.80. The van der Waals surface area contributed by atoms with Gasteiger partial charge in [0, 0.05) is 30.1 Å². The first-order valence-electron chi connectivity index (χ1n) is 9.19. The zero-order valence-electron chi connectivity index (χ0n) is 16.6. The molecular weight excluding hydrogens is 420 g/mol. The van der Waals surface area contributed by atoms with Crippen LogP contribution in [0.2, 0.25) is 0 Å². The number of aliphatic imine (C=N–C) groups is 1. The van der Waals surface area contributed by atoms with Gasteiger partial charge >= 0.3 is 5.97 Å². The lowest BCUT2D eigenvalue weighted by Gasteiger charge is -2.15. The number of carbonyl (C=O) groups excluding carboxylic acids is 1. The Balaban J connectivity index is 1.92. The molecule has 2 aromatic rings. The average Bonchev–Trinajstić information content (AvgIpc) is 3.06. The number of hydrogen-bond acceptors (Lipinski definition) is 6. The number of anilines is 1. The molecule has 1 heterocycles. The van der Waals surface area contributed by atoms with E-state index in [1.54, 1.807) is 24.3 Å². The number of rotatable bonds is 6. The van der Waals surface area contributed by atoms with Gasteiger partial charge in [-0.2, -0.15) is 4.31 Å². The van der Waals surface area contributed by atoms with Gasteiger partial charge in [-0.15, -0.1) is 0 Å². The first kappa shape index (κ1) is 22.2. The van der Waals surface area contributed by atoms with Crippen molar-refractivity contribution in [3.05, 3.63) is 53.6 Å². The summed E-state index contributed by atoms with van der Waals surface area (Å²) >= 11 is 0. The highest BCUT2D eigenvalue weighted by Gasteiger charge is 2.31. The second kappa shape index (κ2) is 9.09. The third-order valence-corrected chi connectivity index (χ3v) is 6.34. The third-order valence-electron chi connectivity index (χ3n) is 4.54. The van der Waals surface area contributed by atoms with Crippen molar-refractivity contribution in [2.75, 3.05) is 25.5 Å². The number of carboxylic acids is 1. The molecule has 1 aliphatic rings. The van der Waals surface area contributed by atoms with Gasteiger partial charge in [0.25, 0.3) is 0 Å². The van der Waals surface area contributed by atoms with E-state index in [4.69, 9.17) is 10.8 Å². The van der Waals surface area contributed by atoms with E-state index in [1.807, 2.05) is 0 Å². The number of nitrogens with zero attached hydrogens (tertiary/aromatic N) is 2. The molecule has 4 N–H and O–H groups in total. The molecule has 0 spiro atoms. The fourth-order valence-corrected chi connectivity index (χ4v) is 4.25. The second-order valence-electron chi connectivity index (χ2n) is 6.67. The first-order chi connectivity index (χ1) is 14.7. The van der Waals surface area contributed by atoms with Crippen LogP contribution >= 0.6 is 0 Å². The maximum Gasteiger partial charge on any atom is 0.318 e. The maximum atomic E-state index is 12.6. The Morgan fingerprint density at radius 1 is 1.32 bits per heavy atom. The lowest BCUT2D eigenvalue weighted by molar-refractivity contribution is -0.137. The monoisotopic (exact) mass is 440 g/mol. The number of aliphatic carboxylic acids is 1.